The maximum atomic E-state index is 12.8. The van der Waals surface area contributed by atoms with Gasteiger partial charge in [0.1, 0.15) is 17.2 Å². The van der Waals surface area contributed by atoms with Gasteiger partial charge in [-0.15, -0.1) is 0 Å². The first-order valence-corrected chi connectivity index (χ1v) is 9.30. The van der Waals surface area contributed by atoms with Crippen LogP contribution in [0.25, 0.3) is 16.9 Å². The monoisotopic (exact) mass is 415 g/mol. The Hall–Kier alpha value is -3.03. The normalized spacial score (nSPS) is 10.6. The maximum Gasteiger partial charge on any atom is 0.270 e. The third-order valence-electron chi connectivity index (χ3n) is 4.27. The average molecular weight is 416 g/mol. The van der Waals surface area contributed by atoms with Gasteiger partial charge >= 0.3 is 0 Å². The van der Waals surface area contributed by atoms with E-state index in [-0.39, 0.29) is 5.91 Å². The molecule has 0 spiro atoms. The summed E-state index contributed by atoms with van der Waals surface area (Å²) in [4.78, 5) is 12.8. The molecule has 0 saturated carbocycles. The highest BCUT2D eigenvalue weighted by Crippen LogP contribution is 2.33. The number of nitrogens with zero attached hydrogens (tertiary/aromatic N) is 2. The summed E-state index contributed by atoms with van der Waals surface area (Å²) in [7, 11) is 4.74. The lowest BCUT2D eigenvalue weighted by molar-refractivity contribution is 0.0929. The zero-order valence-corrected chi connectivity index (χ0v) is 17.2. The van der Waals surface area contributed by atoms with Crippen LogP contribution in [-0.2, 0) is 4.74 Å². The van der Waals surface area contributed by atoms with Gasteiger partial charge in [0.25, 0.3) is 5.91 Å². The molecule has 0 unspecified atom stereocenters. The molecule has 0 aliphatic rings. The van der Waals surface area contributed by atoms with E-state index >= 15 is 0 Å². The van der Waals surface area contributed by atoms with Crippen LogP contribution in [0.5, 0.6) is 11.5 Å². The third kappa shape index (κ3) is 4.70. The lowest BCUT2D eigenvalue weighted by Crippen LogP contribution is -2.28. The van der Waals surface area contributed by atoms with Crippen LogP contribution in [0.4, 0.5) is 0 Å². The Morgan fingerprint density at radius 2 is 1.93 bits per heavy atom. The number of carbonyl (C=O) groups is 1. The zero-order chi connectivity index (χ0) is 20.8. The van der Waals surface area contributed by atoms with E-state index in [0.29, 0.717) is 46.7 Å². The minimum absolute atomic E-state index is 0.270. The Kier molecular flexibility index (Phi) is 6.74. The van der Waals surface area contributed by atoms with Crippen molar-refractivity contribution in [2.75, 3.05) is 34.5 Å². The molecule has 0 aliphatic heterocycles. The molecule has 0 aliphatic carbocycles. The van der Waals surface area contributed by atoms with Crippen molar-refractivity contribution in [3.8, 4) is 28.4 Å². The van der Waals surface area contributed by atoms with Gasteiger partial charge in [0.2, 0.25) is 0 Å². The maximum absolute atomic E-state index is 12.8. The first-order valence-electron chi connectivity index (χ1n) is 8.93. The van der Waals surface area contributed by atoms with Gasteiger partial charge in [-0.1, -0.05) is 17.7 Å². The number of amides is 1. The Morgan fingerprint density at radius 3 is 2.62 bits per heavy atom. The number of ether oxygens (including phenoxy) is 3. The lowest BCUT2D eigenvalue weighted by Gasteiger charge is -2.09. The van der Waals surface area contributed by atoms with Crippen LogP contribution in [0, 0.1) is 0 Å². The van der Waals surface area contributed by atoms with E-state index in [4.69, 9.17) is 25.8 Å². The smallest absolute Gasteiger partial charge is 0.270 e. The van der Waals surface area contributed by atoms with Crippen LogP contribution in [0.3, 0.4) is 0 Å². The number of rotatable bonds is 8. The zero-order valence-electron chi connectivity index (χ0n) is 16.4. The minimum atomic E-state index is -0.270. The van der Waals surface area contributed by atoms with Crippen LogP contribution < -0.4 is 14.8 Å². The molecule has 1 amide bonds. The van der Waals surface area contributed by atoms with Crippen LogP contribution in [-0.4, -0.2) is 50.2 Å². The minimum Gasteiger partial charge on any atom is -0.497 e. The van der Waals surface area contributed by atoms with Crippen molar-refractivity contribution >= 4 is 17.5 Å². The van der Waals surface area contributed by atoms with Gasteiger partial charge < -0.3 is 19.5 Å². The highest BCUT2D eigenvalue weighted by Gasteiger charge is 2.20. The third-order valence-corrected chi connectivity index (χ3v) is 4.51. The number of methoxy groups -OCH3 is 3. The Balaban J connectivity index is 2.08. The highest BCUT2D eigenvalue weighted by molar-refractivity contribution is 6.30. The van der Waals surface area contributed by atoms with Gasteiger partial charge in [-0.25, -0.2) is 4.68 Å². The molecule has 1 heterocycles. The molecule has 0 saturated heterocycles. The molecule has 152 valence electrons. The Morgan fingerprint density at radius 1 is 1.10 bits per heavy atom. The molecule has 0 atom stereocenters. The van der Waals surface area contributed by atoms with Gasteiger partial charge in [0, 0.05) is 30.3 Å². The second-order valence-electron chi connectivity index (χ2n) is 6.12. The molecular formula is C21H22ClN3O4. The Bertz CT molecular complexity index is 1000. The van der Waals surface area contributed by atoms with E-state index in [1.807, 2.05) is 18.2 Å². The molecule has 1 N–H and O–H groups in total. The van der Waals surface area contributed by atoms with E-state index < -0.39 is 0 Å². The second kappa shape index (κ2) is 9.45. The van der Waals surface area contributed by atoms with E-state index in [1.54, 1.807) is 56.3 Å². The SMILES string of the molecule is COCCNC(=O)c1cc(-c2ccc(OC)cc2OC)nn1-c1cccc(Cl)c1. The molecule has 0 fully saturated rings. The van der Waals surface area contributed by atoms with Gasteiger partial charge in [0.05, 0.1) is 32.2 Å². The van der Waals surface area contributed by atoms with E-state index in [9.17, 15) is 4.79 Å². The first-order chi connectivity index (χ1) is 14.1. The van der Waals surface area contributed by atoms with Crippen molar-refractivity contribution in [1.29, 1.82) is 0 Å². The van der Waals surface area contributed by atoms with Crippen LogP contribution >= 0.6 is 11.6 Å². The number of hydrogen-bond donors (Lipinski definition) is 1. The fourth-order valence-electron chi connectivity index (χ4n) is 2.85. The predicted molar refractivity (Wildman–Crippen MR) is 111 cm³/mol. The van der Waals surface area contributed by atoms with Gasteiger partial charge in [-0.05, 0) is 36.4 Å². The topological polar surface area (TPSA) is 74.6 Å². The van der Waals surface area contributed by atoms with Crippen LogP contribution in [0.15, 0.2) is 48.5 Å². The fourth-order valence-corrected chi connectivity index (χ4v) is 3.03. The van der Waals surface area contributed by atoms with Gasteiger partial charge in [-0.2, -0.15) is 5.10 Å². The summed E-state index contributed by atoms with van der Waals surface area (Å²) in [5.74, 6) is 0.983. The standard InChI is InChI=1S/C21H22ClN3O4/c1-27-10-9-23-21(26)19-13-18(17-8-7-16(28-2)12-20(17)29-3)24-25(19)15-6-4-5-14(22)11-15/h4-8,11-13H,9-10H2,1-3H3,(H,23,26). The van der Waals surface area contributed by atoms with Crippen molar-refractivity contribution in [2.45, 2.75) is 0 Å². The number of benzene rings is 2. The predicted octanol–water partition coefficient (Wildman–Crippen LogP) is 3.59. The molecule has 8 heteroatoms. The number of hydrogen-bond acceptors (Lipinski definition) is 5. The number of nitrogens with one attached hydrogen (secondary N) is 1. The molecule has 3 aromatic rings. The summed E-state index contributed by atoms with van der Waals surface area (Å²) in [5.41, 5.74) is 2.37. The molecular weight excluding hydrogens is 394 g/mol. The number of halogens is 1. The molecule has 2 aromatic carbocycles. The van der Waals surface area contributed by atoms with Crippen molar-refractivity contribution in [3.05, 3.63) is 59.2 Å². The molecule has 0 radical (unpaired) electrons. The average Bonchev–Trinajstić information content (AvgIpc) is 3.18. The molecule has 3 rings (SSSR count). The first kappa shape index (κ1) is 20.7. The molecule has 0 bridgehead atoms. The van der Waals surface area contributed by atoms with Crippen LogP contribution in [0.1, 0.15) is 10.5 Å². The van der Waals surface area contributed by atoms with Crippen molar-refractivity contribution < 1.29 is 19.0 Å². The van der Waals surface area contributed by atoms with Crippen molar-refractivity contribution in [2.24, 2.45) is 0 Å². The van der Waals surface area contributed by atoms with E-state index in [1.165, 1.54) is 0 Å². The summed E-state index contributed by atoms with van der Waals surface area (Å²) in [6, 6.07) is 14.3. The molecule has 7 nitrogen and oxygen atoms in total. The summed E-state index contributed by atoms with van der Waals surface area (Å²) in [6.45, 7) is 0.799. The highest BCUT2D eigenvalue weighted by atomic mass is 35.5. The summed E-state index contributed by atoms with van der Waals surface area (Å²) in [5, 5.41) is 8.03. The fraction of sp³-hybridized carbons (Fsp3) is 0.238. The number of carbonyl (C=O) groups excluding carboxylic acids is 1. The van der Waals surface area contributed by atoms with Crippen molar-refractivity contribution in [3.63, 3.8) is 0 Å². The summed E-state index contributed by atoms with van der Waals surface area (Å²) in [6.07, 6.45) is 0. The summed E-state index contributed by atoms with van der Waals surface area (Å²) < 4.78 is 17.3. The Labute approximate surface area is 174 Å². The van der Waals surface area contributed by atoms with Crippen molar-refractivity contribution in [1.82, 2.24) is 15.1 Å². The quantitative estimate of drug-likeness (QED) is 0.569. The lowest BCUT2D eigenvalue weighted by atomic mass is 10.1. The molecule has 29 heavy (non-hydrogen) atoms. The van der Waals surface area contributed by atoms with E-state index in [2.05, 4.69) is 10.4 Å². The van der Waals surface area contributed by atoms with Gasteiger partial charge in [0.15, 0.2) is 0 Å². The van der Waals surface area contributed by atoms with E-state index in [0.717, 1.165) is 5.56 Å². The largest absolute Gasteiger partial charge is 0.497 e. The summed E-state index contributed by atoms with van der Waals surface area (Å²) >= 11 is 6.14. The van der Waals surface area contributed by atoms with Gasteiger partial charge in [-0.3, -0.25) is 4.79 Å². The molecule has 1 aromatic heterocycles. The number of aromatic nitrogens is 2. The second-order valence-corrected chi connectivity index (χ2v) is 6.56. The van der Waals surface area contributed by atoms with Crippen LogP contribution in [0.2, 0.25) is 5.02 Å².